The smallest absolute Gasteiger partial charge is 0.291 e. The molecule has 31 heavy (non-hydrogen) atoms. The molecular formula is C24H23N3O4. The van der Waals surface area contributed by atoms with Crippen LogP contribution in [0.25, 0.3) is 0 Å². The molecule has 7 nitrogen and oxygen atoms in total. The van der Waals surface area contributed by atoms with E-state index in [1.807, 2.05) is 30.3 Å². The first kappa shape index (κ1) is 20.4. The molecule has 1 atom stereocenters. The second-order valence-corrected chi connectivity index (χ2v) is 7.41. The SMILES string of the molecule is O=C(Nc1ccc(NC(=O)C2CCCN2C(=O)Cc2ccccc2)cc1)c1ccco1. The van der Waals surface area contributed by atoms with Gasteiger partial charge in [-0.25, -0.2) is 0 Å². The Morgan fingerprint density at radius 2 is 1.61 bits per heavy atom. The minimum Gasteiger partial charge on any atom is -0.459 e. The molecule has 4 rings (SSSR count). The number of likely N-dealkylation sites (tertiary alicyclic amines) is 1. The van der Waals surface area contributed by atoms with Gasteiger partial charge in [0.2, 0.25) is 11.8 Å². The van der Waals surface area contributed by atoms with Crippen LogP contribution in [0.2, 0.25) is 0 Å². The van der Waals surface area contributed by atoms with E-state index in [2.05, 4.69) is 10.6 Å². The van der Waals surface area contributed by atoms with Crippen LogP contribution in [0, 0.1) is 0 Å². The third-order valence-electron chi connectivity index (χ3n) is 5.23. The molecule has 2 aromatic carbocycles. The third-order valence-corrected chi connectivity index (χ3v) is 5.23. The zero-order valence-corrected chi connectivity index (χ0v) is 16.9. The molecule has 3 aromatic rings. The van der Waals surface area contributed by atoms with Gasteiger partial charge in [0.1, 0.15) is 6.04 Å². The van der Waals surface area contributed by atoms with Crippen LogP contribution in [-0.2, 0) is 16.0 Å². The first-order valence-corrected chi connectivity index (χ1v) is 10.2. The fourth-order valence-electron chi connectivity index (χ4n) is 3.67. The van der Waals surface area contributed by atoms with Crippen LogP contribution in [-0.4, -0.2) is 35.2 Å². The predicted molar refractivity (Wildman–Crippen MR) is 117 cm³/mol. The number of amides is 3. The molecule has 1 saturated heterocycles. The molecule has 2 heterocycles. The van der Waals surface area contributed by atoms with Gasteiger partial charge in [-0.05, 0) is 54.8 Å². The lowest BCUT2D eigenvalue weighted by Gasteiger charge is -2.24. The van der Waals surface area contributed by atoms with Crippen LogP contribution in [0.5, 0.6) is 0 Å². The largest absolute Gasteiger partial charge is 0.459 e. The Balaban J connectivity index is 1.34. The Morgan fingerprint density at radius 1 is 0.903 bits per heavy atom. The van der Waals surface area contributed by atoms with Crippen LogP contribution in [0.4, 0.5) is 11.4 Å². The summed E-state index contributed by atoms with van der Waals surface area (Å²) in [5.74, 6) is -0.370. The fraction of sp³-hybridized carbons (Fsp3) is 0.208. The van der Waals surface area contributed by atoms with E-state index >= 15 is 0 Å². The van der Waals surface area contributed by atoms with E-state index < -0.39 is 6.04 Å². The van der Waals surface area contributed by atoms with Gasteiger partial charge < -0.3 is 20.0 Å². The molecule has 1 fully saturated rings. The molecule has 158 valence electrons. The van der Waals surface area contributed by atoms with Gasteiger partial charge in [-0.3, -0.25) is 14.4 Å². The summed E-state index contributed by atoms with van der Waals surface area (Å²) < 4.78 is 5.07. The van der Waals surface area contributed by atoms with Gasteiger partial charge in [0, 0.05) is 17.9 Å². The van der Waals surface area contributed by atoms with Crippen LogP contribution in [0.1, 0.15) is 29.0 Å². The average molecular weight is 417 g/mol. The molecule has 1 aliphatic heterocycles. The normalized spacial score (nSPS) is 15.5. The lowest BCUT2D eigenvalue weighted by atomic mass is 10.1. The monoisotopic (exact) mass is 417 g/mol. The fourth-order valence-corrected chi connectivity index (χ4v) is 3.67. The highest BCUT2D eigenvalue weighted by atomic mass is 16.3. The summed E-state index contributed by atoms with van der Waals surface area (Å²) in [6.07, 6.45) is 3.17. The molecule has 2 N–H and O–H groups in total. The Bertz CT molecular complexity index is 1050. The Morgan fingerprint density at radius 3 is 2.29 bits per heavy atom. The van der Waals surface area contributed by atoms with E-state index in [0.717, 1.165) is 12.0 Å². The summed E-state index contributed by atoms with van der Waals surface area (Å²) in [5, 5.41) is 5.60. The van der Waals surface area contributed by atoms with Crippen LogP contribution >= 0.6 is 0 Å². The number of anilines is 2. The summed E-state index contributed by atoms with van der Waals surface area (Å²) in [6, 6.07) is 19.1. The second-order valence-electron chi connectivity index (χ2n) is 7.41. The lowest BCUT2D eigenvalue weighted by molar-refractivity contribution is -0.136. The van der Waals surface area contributed by atoms with Gasteiger partial charge in [0.05, 0.1) is 12.7 Å². The molecule has 1 aromatic heterocycles. The van der Waals surface area contributed by atoms with Crippen molar-refractivity contribution in [1.82, 2.24) is 4.90 Å². The number of benzene rings is 2. The first-order chi connectivity index (χ1) is 15.1. The number of carbonyl (C=O) groups excluding carboxylic acids is 3. The Hall–Kier alpha value is -3.87. The number of nitrogens with one attached hydrogen (secondary N) is 2. The predicted octanol–water partition coefficient (Wildman–Crippen LogP) is 3.70. The highest BCUT2D eigenvalue weighted by Gasteiger charge is 2.33. The van der Waals surface area contributed by atoms with Crippen molar-refractivity contribution in [2.45, 2.75) is 25.3 Å². The maximum Gasteiger partial charge on any atom is 0.291 e. The summed E-state index contributed by atoms with van der Waals surface area (Å²) in [4.78, 5) is 39.2. The molecule has 0 radical (unpaired) electrons. The summed E-state index contributed by atoms with van der Waals surface area (Å²) in [6.45, 7) is 0.585. The van der Waals surface area contributed by atoms with Crippen molar-refractivity contribution in [3.05, 3.63) is 84.3 Å². The number of rotatable bonds is 6. The van der Waals surface area contributed by atoms with E-state index in [0.29, 0.717) is 24.3 Å². The van der Waals surface area contributed by atoms with E-state index in [1.165, 1.54) is 6.26 Å². The van der Waals surface area contributed by atoms with Crippen molar-refractivity contribution in [2.75, 3.05) is 17.2 Å². The van der Waals surface area contributed by atoms with E-state index in [-0.39, 0.29) is 29.9 Å². The minimum absolute atomic E-state index is 0.0418. The molecule has 0 aliphatic carbocycles. The van der Waals surface area contributed by atoms with Crippen molar-refractivity contribution in [1.29, 1.82) is 0 Å². The van der Waals surface area contributed by atoms with Crippen molar-refractivity contribution in [3.8, 4) is 0 Å². The topological polar surface area (TPSA) is 91.7 Å². The highest BCUT2D eigenvalue weighted by Crippen LogP contribution is 2.21. The van der Waals surface area contributed by atoms with Gasteiger partial charge in [-0.15, -0.1) is 0 Å². The van der Waals surface area contributed by atoms with Crippen LogP contribution < -0.4 is 10.6 Å². The highest BCUT2D eigenvalue weighted by molar-refractivity contribution is 6.02. The zero-order chi connectivity index (χ0) is 21.6. The van der Waals surface area contributed by atoms with Crippen molar-refractivity contribution in [3.63, 3.8) is 0 Å². The zero-order valence-electron chi connectivity index (χ0n) is 16.9. The van der Waals surface area contributed by atoms with E-state index in [9.17, 15) is 14.4 Å². The quantitative estimate of drug-likeness (QED) is 0.640. The number of carbonyl (C=O) groups is 3. The van der Waals surface area contributed by atoms with Crippen molar-refractivity contribution >= 4 is 29.1 Å². The lowest BCUT2D eigenvalue weighted by Crippen LogP contribution is -2.43. The third kappa shape index (κ3) is 5.01. The maximum absolute atomic E-state index is 12.8. The molecule has 1 aliphatic rings. The van der Waals surface area contributed by atoms with Crippen molar-refractivity contribution in [2.24, 2.45) is 0 Å². The summed E-state index contributed by atoms with van der Waals surface area (Å²) >= 11 is 0. The number of furan rings is 1. The molecular weight excluding hydrogens is 394 g/mol. The first-order valence-electron chi connectivity index (χ1n) is 10.2. The van der Waals surface area contributed by atoms with Gasteiger partial charge in [0.15, 0.2) is 5.76 Å². The van der Waals surface area contributed by atoms with E-state index in [4.69, 9.17) is 4.42 Å². The van der Waals surface area contributed by atoms with Gasteiger partial charge >= 0.3 is 0 Å². The van der Waals surface area contributed by atoms with Crippen LogP contribution in [0.3, 0.4) is 0 Å². The molecule has 0 bridgehead atoms. The molecule has 0 saturated carbocycles. The van der Waals surface area contributed by atoms with Gasteiger partial charge in [-0.1, -0.05) is 30.3 Å². The second kappa shape index (κ2) is 9.30. The van der Waals surface area contributed by atoms with Gasteiger partial charge in [-0.2, -0.15) is 0 Å². The van der Waals surface area contributed by atoms with Crippen molar-refractivity contribution < 1.29 is 18.8 Å². The Kier molecular flexibility index (Phi) is 6.12. The summed E-state index contributed by atoms with van der Waals surface area (Å²) in [5.41, 5.74) is 2.12. The van der Waals surface area contributed by atoms with Crippen LogP contribution in [0.15, 0.2) is 77.4 Å². The molecule has 1 unspecified atom stereocenters. The molecule has 7 heteroatoms. The van der Waals surface area contributed by atoms with E-state index in [1.54, 1.807) is 41.3 Å². The molecule has 3 amide bonds. The minimum atomic E-state index is -0.477. The average Bonchev–Trinajstić information content (AvgIpc) is 3.48. The maximum atomic E-state index is 12.8. The molecule has 0 spiro atoms. The number of nitrogens with zero attached hydrogens (tertiary/aromatic N) is 1. The Labute approximate surface area is 180 Å². The van der Waals surface area contributed by atoms with Gasteiger partial charge in [0.25, 0.3) is 5.91 Å². The summed E-state index contributed by atoms with van der Waals surface area (Å²) in [7, 11) is 0. The number of hydrogen-bond acceptors (Lipinski definition) is 4. The number of hydrogen-bond donors (Lipinski definition) is 2. The standard InChI is InChI=1S/C24H23N3O4/c28-22(16-17-6-2-1-3-7-17)27-14-4-8-20(27)23(29)25-18-10-12-19(13-11-18)26-24(30)21-9-5-15-31-21/h1-3,5-7,9-13,15,20H,4,8,14,16H2,(H,25,29)(H,26,30).